The van der Waals surface area contributed by atoms with Crippen molar-refractivity contribution in [1.29, 1.82) is 0 Å². The number of piperidine rings is 2. The summed E-state index contributed by atoms with van der Waals surface area (Å²) in [6, 6.07) is 9.33. The van der Waals surface area contributed by atoms with Gasteiger partial charge in [0, 0.05) is 41.8 Å². The molecular formula is C23H28N2O2. The largest absolute Gasteiger partial charge is 0.465 e. The van der Waals surface area contributed by atoms with Gasteiger partial charge in [0.25, 0.3) is 0 Å². The van der Waals surface area contributed by atoms with Crippen LogP contribution in [0.5, 0.6) is 0 Å². The highest BCUT2D eigenvalue weighted by atomic mass is 16.5. The molecule has 5 fully saturated rings. The number of nitrogens with zero attached hydrogens (tertiary/aromatic N) is 1. The van der Waals surface area contributed by atoms with Crippen molar-refractivity contribution < 1.29 is 9.53 Å². The summed E-state index contributed by atoms with van der Waals surface area (Å²) in [5.41, 5.74) is 4.63. The van der Waals surface area contributed by atoms with Crippen LogP contribution >= 0.6 is 0 Å². The van der Waals surface area contributed by atoms with E-state index in [0.29, 0.717) is 35.5 Å². The molecule has 1 aromatic carbocycles. The first-order valence-electron chi connectivity index (χ1n) is 10.3. The normalized spacial score (nSPS) is 33.7. The summed E-state index contributed by atoms with van der Waals surface area (Å²) in [6.07, 6.45) is 9.97. The zero-order valence-electron chi connectivity index (χ0n) is 16.0. The molecule has 5 atom stereocenters. The zero-order valence-corrected chi connectivity index (χ0v) is 16.0. The second kappa shape index (κ2) is 6.43. The van der Waals surface area contributed by atoms with Gasteiger partial charge >= 0.3 is 5.97 Å². The number of hydrogen-bond acceptors (Lipinski definition) is 4. The van der Waals surface area contributed by atoms with Crippen LogP contribution < -0.4 is 5.32 Å². The lowest BCUT2D eigenvalue weighted by Crippen LogP contribution is -2.54. The summed E-state index contributed by atoms with van der Waals surface area (Å²) < 4.78 is 4.94. The Morgan fingerprint density at radius 1 is 1.19 bits per heavy atom. The molecule has 6 rings (SSSR count). The Bertz CT molecular complexity index is 786. The van der Waals surface area contributed by atoms with Crippen LogP contribution in [0.15, 0.2) is 48.2 Å². The number of fused-ring (bicyclic) bond motifs is 2. The fourth-order valence-electron chi connectivity index (χ4n) is 5.52. The van der Waals surface area contributed by atoms with Crippen molar-refractivity contribution in [2.45, 2.75) is 56.7 Å². The van der Waals surface area contributed by atoms with Crippen molar-refractivity contribution in [1.82, 2.24) is 4.90 Å². The van der Waals surface area contributed by atoms with Gasteiger partial charge in [0.05, 0.1) is 12.7 Å². The maximum atomic E-state index is 12.1. The summed E-state index contributed by atoms with van der Waals surface area (Å²) in [4.78, 5) is 14.7. The van der Waals surface area contributed by atoms with E-state index in [4.69, 9.17) is 4.74 Å². The van der Waals surface area contributed by atoms with Crippen LogP contribution in [-0.2, 0) is 4.74 Å². The summed E-state index contributed by atoms with van der Waals surface area (Å²) >= 11 is 0. The lowest BCUT2D eigenvalue weighted by atomic mass is 9.49. The van der Waals surface area contributed by atoms with Gasteiger partial charge in [-0.1, -0.05) is 24.3 Å². The Balaban J connectivity index is 1.31. The second-order valence-electron chi connectivity index (χ2n) is 8.58. The van der Waals surface area contributed by atoms with Crippen molar-refractivity contribution in [2.75, 3.05) is 12.4 Å². The molecule has 4 bridgehead atoms. The highest BCUT2D eigenvalue weighted by molar-refractivity contribution is 5.95. The molecule has 1 N–H and O–H groups in total. The van der Waals surface area contributed by atoms with Crippen molar-refractivity contribution >= 4 is 11.7 Å². The Kier molecular flexibility index (Phi) is 4.03. The third-order valence-corrected chi connectivity index (χ3v) is 7.19. The van der Waals surface area contributed by atoms with Crippen LogP contribution in [-0.4, -0.2) is 36.1 Å². The predicted octanol–water partition coefficient (Wildman–Crippen LogP) is 4.36. The summed E-state index contributed by atoms with van der Waals surface area (Å²) in [6.45, 7) is 4.19. The Labute approximate surface area is 161 Å². The SMILES string of the molecule is C=C1C2CC1C2=CN1[C@@H]2CCC[C@H]1CC(Nc1ccccc1C(=O)OC)C2. The number of ether oxygens (including phenoxy) is 1. The average molecular weight is 364 g/mol. The number of rotatable bonds is 4. The zero-order chi connectivity index (χ0) is 18.5. The summed E-state index contributed by atoms with van der Waals surface area (Å²) in [7, 11) is 1.44. The molecule has 0 amide bonds. The quantitative estimate of drug-likeness (QED) is 0.637. The first kappa shape index (κ1) is 16.9. The van der Waals surface area contributed by atoms with E-state index in [1.807, 2.05) is 24.3 Å². The number of esters is 1. The van der Waals surface area contributed by atoms with E-state index in [2.05, 4.69) is 23.0 Å². The van der Waals surface area contributed by atoms with E-state index in [1.165, 1.54) is 38.4 Å². The van der Waals surface area contributed by atoms with E-state index in [-0.39, 0.29) is 5.97 Å². The minimum absolute atomic E-state index is 0.273. The third-order valence-electron chi connectivity index (χ3n) is 7.19. The maximum Gasteiger partial charge on any atom is 0.339 e. The van der Waals surface area contributed by atoms with Crippen LogP contribution in [0, 0.1) is 11.8 Å². The monoisotopic (exact) mass is 364 g/mol. The average Bonchev–Trinajstić information content (AvgIpc) is 2.64. The number of carbonyl (C=O) groups excluding carboxylic acids is 1. The van der Waals surface area contributed by atoms with E-state index in [1.54, 1.807) is 5.57 Å². The molecule has 3 unspecified atom stereocenters. The minimum Gasteiger partial charge on any atom is -0.465 e. The number of methoxy groups -OCH3 is 1. The molecule has 3 aliphatic carbocycles. The van der Waals surface area contributed by atoms with Gasteiger partial charge < -0.3 is 15.0 Å². The molecule has 4 nitrogen and oxygen atoms in total. The molecule has 4 heteroatoms. The lowest BCUT2D eigenvalue weighted by Gasteiger charge is -2.58. The highest BCUT2D eigenvalue weighted by Gasteiger charge is 2.52. The van der Waals surface area contributed by atoms with Crippen molar-refractivity contribution in [3.63, 3.8) is 0 Å². The number of para-hydroxylation sites is 1. The number of allylic oxidation sites excluding steroid dienone is 2. The van der Waals surface area contributed by atoms with E-state index < -0.39 is 0 Å². The van der Waals surface area contributed by atoms with Crippen molar-refractivity contribution in [3.8, 4) is 0 Å². The highest BCUT2D eigenvalue weighted by Crippen LogP contribution is 2.62. The van der Waals surface area contributed by atoms with Gasteiger partial charge in [-0.3, -0.25) is 0 Å². The van der Waals surface area contributed by atoms with Crippen LogP contribution in [0.3, 0.4) is 0 Å². The molecule has 27 heavy (non-hydrogen) atoms. The summed E-state index contributed by atoms with van der Waals surface area (Å²) in [5, 5.41) is 3.66. The van der Waals surface area contributed by atoms with Gasteiger partial charge in [-0.05, 0) is 56.2 Å². The predicted molar refractivity (Wildman–Crippen MR) is 107 cm³/mol. The van der Waals surface area contributed by atoms with Gasteiger partial charge in [0.15, 0.2) is 0 Å². The Morgan fingerprint density at radius 3 is 2.52 bits per heavy atom. The van der Waals surface area contributed by atoms with E-state index >= 15 is 0 Å². The van der Waals surface area contributed by atoms with Gasteiger partial charge in [-0.15, -0.1) is 0 Å². The van der Waals surface area contributed by atoms with Gasteiger partial charge in [0.2, 0.25) is 0 Å². The molecule has 0 aromatic heterocycles. The lowest BCUT2D eigenvalue weighted by molar-refractivity contribution is 0.0601. The molecule has 0 spiro atoms. The van der Waals surface area contributed by atoms with Crippen molar-refractivity contribution in [3.05, 3.63) is 53.8 Å². The molecule has 0 radical (unpaired) electrons. The standard InChI is InChI=1S/C23H28N2O2/c1-14-19-12-20(14)21(19)13-25-16-6-5-7-17(25)11-15(10-16)24-22-9-4-3-8-18(22)23(26)27-2/h3-4,8-9,13,15-17,19-20,24H,1,5-7,10-12H2,2H3/t15?,16-,17+,19?,20?. The second-order valence-corrected chi connectivity index (χ2v) is 8.58. The topological polar surface area (TPSA) is 41.6 Å². The number of anilines is 1. The molecule has 2 aliphatic heterocycles. The fourth-order valence-corrected chi connectivity index (χ4v) is 5.52. The summed E-state index contributed by atoms with van der Waals surface area (Å²) in [5.74, 6) is 1.11. The maximum absolute atomic E-state index is 12.1. The smallest absolute Gasteiger partial charge is 0.339 e. The fraction of sp³-hybridized carbons (Fsp3) is 0.522. The van der Waals surface area contributed by atoms with E-state index in [0.717, 1.165) is 18.5 Å². The number of benzene rings is 1. The number of carbonyl (C=O) groups is 1. The molecular weight excluding hydrogens is 336 g/mol. The van der Waals surface area contributed by atoms with Gasteiger partial charge in [-0.25, -0.2) is 4.79 Å². The minimum atomic E-state index is -0.273. The molecule has 1 aromatic rings. The van der Waals surface area contributed by atoms with Crippen LogP contribution in [0.4, 0.5) is 5.69 Å². The first-order valence-corrected chi connectivity index (χ1v) is 10.3. The Morgan fingerprint density at radius 2 is 1.89 bits per heavy atom. The van der Waals surface area contributed by atoms with E-state index in [9.17, 15) is 4.79 Å². The molecule has 2 heterocycles. The molecule has 142 valence electrons. The van der Waals surface area contributed by atoms with Crippen molar-refractivity contribution in [2.24, 2.45) is 11.8 Å². The number of nitrogens with one attached hydrogen (secondary N) is 1. The van der Waals surface area contributed by atoms with Crippen LogP contribution in [0.2, 0.25) is 0 Å². The molecule has 2 saturated heterocycles. The Hall–Kier alpha value is -2.23. The van der Waals surface area contributed by atoms with Gasteiger partial charge in [0.1, 0.15) is 0 Å². The molecule has 3 saturated carbocycles. The van der Waals surface area contributed by atoms with Gasteiger partial charge in [-0.2, -0.15) is 0 Å². The molecule has 5 aliphatic rings. The van der Waals surface area contributed by atoms with Crippen LogP contribution in [0.1, 0.15) is 48.9 Å². The third kappa shape index (κ3) is 2.69. The first-order chi connectivity index (χ1) is 13.2. The van der Waals surface area contributed by atoms with Crippen LogP contribution in [0.25, 0.3) is 0 Å². The number of hydrogen-bond donors (Lipinski definition) is 1.